The predicted molar refractivity (Wildman–Crippen MR) is 297 cm³/mol. The van der Waals surface area contributed by atoms with Gasteiger partial charge in [-0.2, -0.15) is 0 Å². The molecule has 83 heavy (non-hydrogen) atoms. The first kappa shape index (κ1) is 60.0. The number of fused-ring (bicyclic) bond motifs is 5. The van der Waals surface area contributed by atoms with E-state index in [1.165, 1.54) is 28.0 Å². The van der Waals surface area contributed by atoms with Gasteiger partial charge in [0, 0.05) is 66.8 Å². The van der Waals surface area contributed by atoms with Crippen molar-refractivity contribution in [3.8, 4) is 11.4 Å². The summed E-state index contributed by atoms with van der Waals surface area (Å²) in [4.78, 5) is 140. The van der Waals surface area contributed by atoms with Crippen LogP contribution in [0.3, 0.4) is 0 Å². The monoisotopic (exact) mass is 1150 g/mol. The van der Waals surface area contributed by atoms with Crippen LogP contribution < -0.4 is 32.6 Å². The number of imide groups is 1. The molecule has 0 radical (unpaired) electrons. The van der Waals surface area contributed by atoms with Gasteiger partial charge in [-0.3, -0.25) is 43.4 Å². The number of aryl methyl sites for hydroxylation is 1. The number of rotatable bonds is 21. The van der Waals surface area contributed by atoms with Gasteiger partial charge in [-0.25, -0.2) is 23.8 Å². The summed E-state index contributed by atoms with van der Waals surface area (Å²) in [5.74, 6) is -5.12. The Morgan fingerprint density at radius 2 is 1.63 bits per heavy atom. The van der Waals surface area contributed by atoms with Crippen LogP contribution in [0.5, 0.6) is 0 Å². The minimum atomic E-state index is -1.99. The number of amides is 8. The summed E-state index contributed by atoms with van der Waals surface area (Å²) in [6.45, 7) is 9.02. The van der Waals surface area contributed by atoms with Crippen molar-refractivity contribution >= 4 is 64.3 Å². The second-order valence-corrected chi connectivity index (χ2v) is 23.3. The first-order valence-corrected chi connectivity index (χ1v) is 29.1. The third-order valence-corrected chi connectivity index (χ3v) is 17.6. The maximum Gasteiger partial charge on any atom is 0.343 e. The van der Waals surface area contributed by atoms with E-state index in [-0.39, 0.29) is 111 Å². The van der Waals surface area contributed by atoms with Crippen molar-refractivity contribution in [2.75, 3.05) is 45.9 Å². The molecule has 2 aromatic heterocycles. The number of halogens is 1. The molecular formula is C59H75FN10O13. The molecule has 0 bridgehead atoms. The number of cyclic esters (lactones) is 1. The van der Waals surface area contributed by atoms with Crippen molar-refractivity contribution in [2.45, 2.75) is 148 Å². The molecule has 1 saturated carbocycles. The molecule has 3 fully saturated rings. The van der Waals surface area contributed by atoms with Crippen LogP contribution in [0.25, 0.3) is 22.3 Å². The molecule has 24 heteroatoms. The highest BCUT2D eigenvalue weighted by Gasteiger charge is 2.46. The largest absolute Gasteiger partial charge is 0.464 e. The first-order chi connectivity index (χ1) is 39.6. The Balaban J connectivity index is 0.755. The molecule has 3 aromatic rings. The predicted octanol–water partition coefficient (Wildman–Crippen LogP) is 2.59. The highest BCUT2D eigenvalue weighted by Crippen LogP contribution is 2.41. The SMILES string of the molecule is CCC1(O)C(=O)OCc2c1cc1n(c2=O)Cc2c-1nc1cc(F)c(C)cc1c2CN1CCC(CCOC(=O)[C@@H]2CCCN2C(=O)CNC(=O)[C@H](CCCNC(N)=O)NC(=O)[C@@H](NC(=O)C2CCC(CN3C(=O)C=CC3=O)CC2)C(C)C)CC1. The van der Waals surface area contributed by atoms with Gasteiger partial charge < -0.3 is 51.0 Å². The number of esters is 2. The van der Waals surface area contributed by atoms with Crippen molar-refractivity contribution in [1.82, 2.24) is 45.5 Å². The number of carbonyl (C=O) groups is 9. The summed E-state index contributed by atoms with van der Waals surface area (Å²) in [6, 6.07) is 1.02. The van der Waals surface area contributed by atoms with Gasteiger partial charge in [-0.1, -0.05) is 20.8 Å². The second kappa shape index (κ2) is 25.5. The number of primary amides is 1. The van der Waals surface area contributed by atoms with E-state index in [2.05, 4.69) is 26.2 Å². The van der Waals surface area contributed by atoms with E-state index in [9.17, 15) is 53.1 Å². The number of hydrogen-bond donors (Lipinski definition) is 6. The van der Waals surface area contributed by atoms with E-state index in [1.54, 1.807) is 44.4 Å². The van der Waals surface area contributed by atoms with Crippen molar-refractivity contribution in [3.05, 3.63) is 74.3 Å². The third kappa shape index (κ3) is 13.0. The quantitative estimate of drug-likeness (QED) is 0.0397. The Hall–Kier alpha value is -7.60. The number of carbonyl (C=O) groups excluding carboxylic acids is 9. The third-order valence-electron chi connectivity index (χ3n) is 17.6. The normalized spacial score (nSPS) is 22.2. The zero-order valence-corrected chi connectivity index (χ0v) is 47.5. The summed E-state index contributed by atoms with van der Waals surface area (Å²) >= 11 is 0. The van der Waals surface area contributed by atoms with Crippen LogP contribution in [0.15, 0.2) is 35.1 Å². The summed E-state index contributed by atoms with van der Waals surface area (Å²) < 4.78 is 27.8. The Kier molecular flexibility index (Phi) is 18.4. The Morgan fingerprint density at radius 3 is 2.31 bits per heavy atom. The lowest BCUT2D eigenvalue weighted by Gasteiger charge is -2.32. The maximum absolute atomic E-state index is 15.1. The number of hydrogen-bond acceptors (Lipinski definition) is 15. The highest BCUT2D eigenvalue weighted by atomic mass is 19.1. The second-order valence-electron chi connectivity index (χ2n) is 23.3. The average Bonchev–Trinajstić information content (AvgIpc) is 1.79. The number of benzene rings is 1. The topological polar surface area (TPSA) is 311 Å². The number of pyridine rings is 2. The molecule has 23 nitrogen and oxygen atoms in total. The lowest BCUT2D eigenvalue weighted by atomic mass is 9.81. The number of urea groups is 1. The first-order valence-electron chi connectivity index (χ1n) is 29.1. The fraction of sp³-hybridized carbons (Fsp3) is 0.576. The van der Waals surface area contributed by atoms with E-state index in [0.717, 1.165) is 29.4 Å². The van der Waals surface area contributed by atoms with Crippen LogP contribution in [-0.4, -0.2) is 147 Å². The van der Waals surface area contributed by atoms with Crippen LogP contribution in [0.4, 0.5) is 9.18 Å². The molecule has 446 valence electrons. The fourth-order valence-corrected chi connectivity index (χ4v) is 12.6. The molecule has 6 aliphatic rings. The Bertz CT molecular complexity index is 3170. The molecule has 8 amide bonds. The van der Waals surface area contributed by atoms with Gasteiger partial charge in [0.1, 0.15) is 30.5 Å². The van der Waals surface area contributed by atoms with Crippen molar-refractivity contribution in [1.29, 1.82) is 0 Å². The van der Waals surface area contributed by atoms with Gasteiger partial charge in [-0.05, 0) is 138 Å². The average molecular weight is 1150 g/mol. The molecule has 1 unspecified atom stereocenters. The molecule has 2 saturated heterocycles. The Morgan fingerprint density at radius 1 is 0.904 bits per heavy atom. The molecule has 0 spiro atoms. The number of ether oxygens (including phenoxy) is 2. The molecular weight excluding hydrogens is 1080 g/mol. The number of likely N-dealkylation sites (tertiary alicyclic amines) is 2. The molecule has 4 atom stereocenters. The molecule has 1 aromatic carbocycles. The van der Waals surface area contributed by atoms with Crippen molar-refractivity contribution < 1.29 is 62.1 Å². The number of aliphatic hydroxyl groups is 1. The molecule has 1 aliphatic carbocycles. The minimum Gasteiger partial charge on any atom is -0.464 e. The van der Waals surface area contributed by atoms with E-state index in [4.69, 9.17) is 20.2 Å². The molecule has 7 N–H and O–H groups in total. The number of nitrogens with zero attached hydrogens (tertiary/aromatic N) is 5. The summed E-state index contributed by atoms with van der Waals surface area (Å²) in [5.41, 5.74) is 6.81. The van der Waals surface area contributed by atoms with Crippen molar-refractivity contribution in [3.63, 3.8) is 0 Å². The van der Waals surface area contributed by atoms with E-state index >= 15 is 4.39 Å². The minimum absolute atomic E-state index is 0.000772. The van der Waals surface area contributed by atoms with Gasteiger partial charge in [0.25, 0.3) is 17.4 Å². The van der Waals surface area contributed by atoms with Gasteiger partial charge in [0.05, 0.1) is 42.2 Å². The highest BCUT2D eigenvalue weighted by molar-refractivity contribution is 6.12. The van der Waals surface area contributed by atoms with Gasteiger partial charge in [-0.15, -0.1) is 0 Å². The smallest absolute Gasteiger partial charge is 0.343 e. The number of nitrogens with two attached hydrogens (primary N) is 1. The zero-order valence-electron chi connectivity index (χ0n) is 47.5. The van der Waals surface area contributed by atoms with Gasteiger partial charge >= 0.3 is 18.0 Å². The van der Waals surface area contributed by atoms with E-state index in [0.29, 0.717) is 87.0 Å². The van der Waals surface area contributed by atoms with E-state index < -0.39 is 77.7 Å². The molecule has 7 heterocycles. The van der Waals surface area contributed by atoms with Crippen molar-refractivity contribution in [2.24, 2.45) is 29.4 Å². The van der Waals surface area contributed by atoms with Crippen LogP contribution in [-0.2, 0) is 73.1 Å². The zero-order chi connectivity index (χ0) is 59.4. The summed E-state index contributed by atoms with van der Waals surface area (Å²) in [6.07, 6.45) is 8.10. The molecule has 9 rings (SSSR count). The maximum atomic E-state index is 15.1. The molecule has 5 aliphatic heterocycles. The standard InChI is InChI=1S/C59H75FN10O13/c1-5-59(81)41-25-46-51-39(30-69(46)55(77)40(41)31-83-57(59)79)38(37-24-33(4)42(60)26-44(37)64-51)29-67-21-16-34(17-22-67)18-23-82-56(78)45-9-7-20-68(45)49(73)27-63-53(75)43(8-6-19-62-58(61)80)65-54(76)50(32(2)3)66-52(74)36-12-10-35(11-13-36)28-70-47(71)14-15-48(70)72/h14-15,24-26,32,34-36,43,45,50,81H,5-13,16-23,27-31H2,1-4H3,(H,63,75)(H,65,76)(H,66,74)(H3,61,62,80)/t35?,36?,43-,45-,50-,59?/m0/s1. The number of aromatic nitrogens is 2. The van der Waals surface area contributed by atoms with Crippen LogP contribution in [0, 0.1) is 36.4 Å². The number of nitrogens with one attached hydrogen (secondary N) is 4. The van der Waals surface area contributed by atoms with Crippen LogP contribution >= 0.6 is 0 Å². The van der Waals surface area contributed by atoms with Crippen LogP contribution in [0.2, 0.25) is 0 Å². The lowest BCUT2D eigenvalue weighted by molar-refractivity contribution is -0.172. The summed E-state index contributed by atoms with van der Waals surface area (Å²) in [7, 11) is 0. The summed E-state index contributed by atoms with van der Waals surface area (Å²) in [5, 5.41) is 22.9. The van der Waals surface area contributed by atoms with E-state index in [1.807, 2.05) is 0 Å². The Labute approximate surface area is 479 Å². The van der Waals surface area contributed by atoms with Crippen LogP contribution in [0.1, 0.15) is 126 Å². The van der Waals surface area contributed by atoms with Gasteiger partial charge in [0.2, 0.25) is 23.6 Å². The fourth-order valence-electron chi connectivity index (χ4n) is 12.6. The lowest BCUT2D eigenvalue weighted by Crippen LogP contribution is -2.57. The number of piperidine rings is 1. The van der Waals surface area contributed by atoms with Gasteiger partial charge in [0.15, 0.2) is 5.60 Å².